The van der Waals surface area contributed by atoms with Crippen LogP contribution >= 0.6 is 23.5 Å². The standard InChI is InChI=1S/C10H16N5O15P3/c1-26-10(4-27-32(22,23)30-33(24,25)29-31(19,20)21)7(13-14-11)6(17)8(28-10)15-3-2-5(16)12-9(15)18/h2-3,6-8,17H,4H2,1H3,(H,22,23)(H,24,25)(H,12,16,18)(H2,19,20,21)/t6-,7+,8-,10-/m1/s1. The first kappa shape index (κ1) is 27.5. The van der Waals surface area contributed by atoms with Crippen LogP contribution in [0.3, 0.4) is 0 Å². The number of aromatic nitrogens is 2. The van der Waals surface area contributed by atoms with Crippen molar-refractivity contribution in [2.24, 2.45) is 5.11 Å². The minimum absolute atomic E-state index is 0.664. The van der Waals surface area contributed by atoms with Crippen LogP contribution in [0.15, 0.2) is 27.0 Å². The van der Waals surface area contributed by atoms with Crippen molar-refractivity contribution in [2.45, 2.75) is 24.2 Å². The van der Waals surface area contributed by atoms with Crippen molar-refractivity contribution >= 4 is 23.5 Å². The van der Waals surface area contributed by atoms with E-state index in [1.165, 1.54) is 0 Å². The van der Waals surface area contributed by atoms with Gasteiger partial charge in [-0.2, -0.15) is 8.62 Å². The predicted octanol–water partition coefficient (Wildman–Crippen LogP) is -1.21. The number of nitrogens with zero attached hydrogens (tertiary/aromatic N) is 4. The number of nitrogens with one attached hydrogen (secondary N) is 1. The van der Waals surface area contributed by atoms with Crippen molar-refractivity contribution in [1.29, 1.82) is 0 Å². The summed E-state index contributed by atoms with van der Waals surface area (Å²) in [6.07, 6.45) is -2.65. The maximum Gasteiger partial charge on any atom is 0.490 e. The van der Waals surface area contributed by atoms with Crippen LogP contribution < -0.4 is 11.2 Å². The van der Waals surface area contributed by atoms with Gasteiger partial charge in [-0.15, -0.1) is 0 Å². The molecule has 6 N–H and O–H groups in total. The lowest BCUT2D eigenvalue weighted by molar-refractivity contribution is -0.246. The van der Waals surface area contributed by atoms with Gasteiger partial charge in [0.15, 0.2) is 6.23 Å². The summed E-state index contributed by atoms with van der Waals surface area (Å²) >= 11 is 0. The van der Waals surface area contributed by atoms with Crippen molar-refractivity contribution < 1.29 is 61.0 Å². The number of hydrogen-bond acceptors (Lipinski definition) is 12. The normalized spacial score (nSPS) is 29.1. The molecule has 0 aromatic carbocycles. The van der Waals surface area contributed by atoms with Crippen molar-refractivity contribution in [3.63, 3.8) is 0 Å². The zero-order chi connectivity index (χ0) is 25.2. The van der Waals surface area contributed by atoms with Gasteiger partial charge in [0.2, 0.25) is 5.79 Å². The largest absolute Gasteiger partial charge is 0.490 e. The average molecular weight is 539 g/mol. The summed E-state index contributed by atoms with van der Waals surface area (Å²) in [5, 5.41) is 13.8. The zero-order valence-electron chi connectivity index (χ0n) is 16.0. The molecule has 1 aromatic heterocycles. The summed E-state index contributed by atoms with van der Waals surface area (Å²) in [5.74, 6) is -2.42. The van der Waals surface area contributed by atoms with Gasteiger partial charge in [0.25, 0.3) is 5.56 Å². The first-order chi connectivity index (χ1) is 15.0. The molecule has 6 atom stereocenters. The summed E-state index contributed by atoms with van der Waals surface area (Å²) in [5.41, 5.74) is 6.94. The highest BCUT2D eigenvalue weighted by Gasteiger charge is 2.57. The van der Waals surface area contributed by atoms with E-state index in [0.717, 1.165) is 19.4 Å². The Balaban J connectivity index is 2.33. The number of ether oxygens (including phenoxy) is 2. The molecule has 23 heteroatoms. The second-order valence-corrected chi connectivity index (χ2v) is 10.5. The van der Waals surface area contributed by atoms with Gasteiger partial charge < -0.3 is 34.2 Å². The van der Waals surface area contributed by atoms with Gasteiger partial charge in [-0.1, -0.05) is 5.11 Å². The molecule has 0 spiro atoms. The molecular weight excluding hydrogens is 523 g/mol. The van der Waals surface area contributed by atoms with Crippen LogP contribution in [-0.2, 0) is 36.3 Å². The Bertz CT molecular complexity index is 1190. The lowest BCUT2D eigenvalue weighted by Crippen LogP contribution is -2.47. The molecule has 0 saturated carbocycles. The molecule has 186 valence electrons. The first-order valence-electron chi connectivity index (χ1n) is 8.10. The molecule has 2 heterocycles. The maximum absolute atomic E-state index is 12.0. The zero-order valence-corrected chi connectivity index (χ0v) is 18.7. The number of azide groups is 1. The molecule has 1 aliphatic heterocycles. The fourth-order valence-corrected chi connectivity index (χ4v) is 5.68. The summed E-state index contributed by atoms with van der Waals surface area (Å²) in [6, 6.07) is -0.887. The van der Waals surface area contributed by atoms with E-state index < -0.39 is 65.5 Å². The highest BCUT2D eigenvalue weighted by atomic mass is 31.3. The van der Waals surface area contributed by atoms with Gasteiger partial charge in [0.05, 0.1) is 0 Å². The number of aliphatic hydroxyl groups excluding tert-OH is 1. The van der Waals surface area contributed by atoms with E-state index in [9.17, 15) is 38.2 Å². The molecule has 20 nitrogen and oxygen atoms in total. The van der Waals surface area contributed by atoms with E-state index in [0.29, 0.717) is 4.57 Å². The van der Waals surface area contributed by atoms with Crippen LogP contribution in [0.25, 0.3) is 10.4 Å². The summed E-state index contributed by atoms with van der Waals surface area (Å²) in [7, 11) is -16.2. The molecule has 1 aliphatic rings. The number of rotatable bonds is 10. The van der Waals surface area contributed by atoms with Gasteiger partial charge in [-0.25, -0.2) is 18.5 Å². The fourth-order valence-electron chi connectivity index (χ4n) is 2.64. The quantitative estimate of drug-likeness (QED) is 0.0879. The summed E-state index contributed by atoms with van der Waals surface area (Å²) in [6.45, 7) is -1.28. The number of phosphoric acid groups is 3. The molecular formula is C10H16N5O15P3. The van der Waals surface area contributed by atoms with Gasteiger partial charge >= 0.3 is 29.2 Å². The van der Waals surface area contributed by atoms with Gasteiger partial charge in [0, 0.05) is 24.3 Å². The smallest absolute Gasteiger partial charge is 0.388 e. The third-order valence-electron chi connectivity index (χ3n) is 3.88. The monoisotopic (exact) mass is 539 g/mol. The summed E-state index contributed by atoms with van der Waals surface area (Å²) < 4.78 is 56.8. The Morgan fingerprint density at radius 2 is 1.88 bits per heavy atom. The molecule has 0 bridgehead atoms. The van der Waals surface area contributed by atoms with Crippen LogP contribution in [0.2, 0.25) is 0 Å². The third-order valence-corrected chi connectivity index (χ3v) is 7.66. The molecule has 0 aliphatic carbocycles. The number of hydrogen-bond donors (Lipinski definition) is 6. The lowest BCUT2D eigenvalue weighted by atomic mass is 10.1. The van der Waals surface area contributed by atoms with Gasteiger partial charge in [-0.3, -0.25) is 18.9 Å². The molecule has 1 saturated heterocycles. The molecule has 1 aromatic rings. The molecule has 33 heavy (non-hydrogen) atoms. The Kier molecular flexibility index (Phi) is 8.23. The number of H-pyrrole nitrogens is 1. The van der Waals surface area contributed by atoms with Crippen molar-refractivity contribution in [3.8, 4) is 0 Å². The molecule has 0 radical (unpaired) electrons. The van der Waals surface area contributed by atoms with Crippen LogP contribution in [0.1, 0.15) is 6.23 Å². The minimum Gasteiger partial charge on any atom is -0.388 e. The van der Waals surface area contributed by atoms with Crippen molar-refractivity contribution in [3.05, 3.63) is 43.5 Å². The highest BCUT2D eigenvalue weighted by Crippen LogP contribution is 2.66. The Labute approximate surface area is 181 Å². The first-order valence-corrected chi connectivity index (χ1v) is 12.6. The van der Waals surface area contributed by atoms with Crippen LogP contribution in [0.4, 0.5) is 0 Å². The van der Waals surface area contributed by atoms with Gasteiger partial charge in [0.1, 0.15) is 18.8 Å². The third kappa shape index (κ3) is 6.89. The number of aliphatic hydroxyl groups is 1. The van der Waals surface area contributed by atoms with Crippen LogP contribution in [-0.4, -0.2) is 65.9 Å². The van der Waals surface area contributed by atoms with E-state index in [1.54, 1.807) is 0 Å². The number of phosphoric ester groups is 1. The minimum atomic E-state index is -5.83. The number of methoxy groups -OCH3 is 1. The van der Waals surface area contributed by atoms with Crippen LogP contribution in [0, 0.1) is 0 Å². The second kappa shape index (κ2) is 9.87. The Hall–Kier alpha value is -1.72. The molecule has 2 rings (SSSR count). The van der Waals surface area contributed by atoms with E-state index in [2.05, 4.69) is 23.2 Å². The predicted molar refractivity (Wildman–Crippen MR) is 99.9 cm³/mol. The second-order valence-electron chi connectivity index (χ2n) is 6.05. The highest BCUT2D eigenvalue weighted by molar-refractivity contribution is 7.66. The van der Waals surface area contributed by atoms with E-state index in [4.69, 9.17) is 24.8 Å². The van der Waals surface area contributed by atoms with E-state index >= 15 is 0 Å². The Morgan fingerprint density at radius 1 is 1.24 bits per heavy atom. The molecule has 2 unspecified atom stereocenters. The number of aromatic amines is 1. The topological polar surface area (TPSA) is 302 Å². The summed E-state index contributed by atoms with van der Waals surface area (Å²) in [4.78, 5) is 63.5. The van der Waals surface area contributed by atoms with Crippen molar-refractivity contribution in [2.75, 3.05) is 13.7 Å². The fraction of sp³-hybridized carbons (Fsp3) is 0.600. The molecule has 1 fully saturated rings. The van der Waals surface area contributed by atoms with Gasteiger partial charge in [-0.05, 0) is 5.53 Å². The lowest BCUT2D eigenvalue weighted by Gasteiger charge is -2.31. The van der Waals surface area contributed by atoms with E-state index in [1.807, 2.05) is 4.98 Å². The van der Waals surface area contributed by atoms with Crippen molar-refractivity contribution in [1.82, 2.24) is 9.55 Å². The maximum atomic E-state index is 12.0. The average Bonchev–Trinajstić information content (AvgIpc) is 2.91. The SMILES string of the molecule is CO[C@]1(COP(=O)(O)OP(=O)(O)OP(=O)(O)O)O[C@@H](n2ccc(=O)[nH]c2=O)[C@H](O)[C@@H]1N=[N+]=[N-]. The van der Waals surface area contributed by atoms with E-state index in [-0.39, 0.29) is 0 Å². The molecule has 0 amide bonds. The van der Waals surface area contributed by atoms with Crippen LogP contribution in [0.5, 0.6) is 0 Å². The Morgan fingerprint density at radius 3 is 2.39 bits per heavy atom.